The van der Waals surface area contributed by atoms with Crippen LogP contribution in [0.4, 0.5) is 5.69 Å². The van der Waals surface area contributed by atoms with Gasteiger partial charge >= 0.3 is 0 Å². The molecule has 0 unspecified atom stereocenters. The van der Waals surface area contributed by atoms with Crippen molar-refractivity contribution in [2.45, 2.75) is 37.5 Å². The molecular formula is C20H27N3OS. The van der Waals surface area contributed by atoms with Crippen LogP contribution in [0.5, 0.6) is 0 Å². The van der Waals surface area contributed by atoms with Gasteiger partial charge in [0.15, 0.2) is 0 Å². The third-order valence-corrected chi connectivity index (χ3v) is 4.89. The van der Waals surface area contributed by atoms with Gasteiger partial charge in [0.1, 0.15) is 0 Å². The minimum atomic E-state index is 0.0486. The monoisotopic (exact) mass is 357 g/mol. The van der Waals surface area contributed by atoms with Crippen molar-refractivity contribution in [3.05, 3.63) is 54.2 Å². The van der Waals surface area contributed by atoms with Crippen LogP contribution < -0.4 is 5.32 Å². The fourth-order valence-electron chi connectivity index (χ4n) is 2.46. The summed E-state index contributed by atoms with van der Waals surface area (Å²) in [5.41, 5.74) is 2.03. The lowest BCUT2D eigenvalue weighted by molar-refractivity contribution is -0.117. The summed E-state index contributed by atoms with van der Waals surface area (Å²) in [7, 11) is 0. The molecule has 0 aliphatic carbocycles. The van der Waals surface area contributed by atoms with Crippen LogP contribution in [0.2, 0.25) is 0 Å². The first-order chi connectivity index (χ1) is 12.2. The van der Waals surface area contributed by atoms with Crippen molar-refractivity contribution in [3.63, 3.8) is 0 Å². The number of hydrogen-bond acceptors (Lipinski definition) is 4. The number of rotatable bonds is 10. The van der Waals surface area contributed by atoms with Crippen LogP contribution in [0.25, 0.3) is 0 Å². The van der Waals surface area contributed by atoms with E-state index in [4.69, 9.17) is 0 Å². The number of nitrogens with zero attached hydrogens (tertiary/aromatic N) is 2. The molecule has 25 heavy (non-hydrogen) atoms. The Bertz CT molecular complexity index is 648. The first-order valence-corrected chi connectivity index (χ1v) is 9.84. The molecule has 134 valence electrons. The standard InChI is InChI=1S/C20H27N3OS/c1-3-5-13-23(4-2)15-19(24)22-18-10-8-9-17(14-18)16-25-20-11-6-7-12-21-20/h6-12,14H,3-5,13,15-16H2,1-2H3,(H,22,24). The van der Waals surface area contributed by atoms with Crippen LogP contribution in [0.3, 0.4) is 0 Å². The van der Waals surface area contributed by atoms with E-state index in [1.807, 2.05) is 36.4 Å². The number of hydrogen-bond donors (Lipinski definition) is 1. The van der Waals surface area contributed by atoms with Crippen molar-refractivity contribution in [1.82, 2.24) is 9.88 Å². The van der Waals surface area contributed by atoms with Crippen molar-refractivity contribution in [3.8, 4) is 0 Å². The van der Waals surface area contributed by atoms with Gasteiger partial charge in [-0.2, -0.15) is 0 Å². The number of aromatic nitrogens is 1. The van der Waals surface area contributed by atoms with Gasteiger partial charge in [0, 0.05) is 17.6 Å². The van der Waals surface area contributed by atoms with Crippen LogP contribution in [0, 0.1) is 0 Å². The number of carbonyl (C=O) groups is 1. The second-order valence-corrected chi connectivity index (χ2v) is 6.92. The molecule has 0 aliphatic rings. The van der Waals surface area contributed by atoms with Crippen LogP contribution >= 0.6 is 11.8 Å². The summed E-state index contributed by atoms with van der Waals surface area (Å²) in [6.07, 6.45) is 4.08. The van der Waals surface area contributed by atoms with E-state index in [0.29, 0.717) is 6.54 Å². The average Bonchev–Trinajstić information content (AvgIpc) is 2.64. The van der Waals surface area contributed by atoms with Gasteiger partial charge in [0.05, 0.1) is 11.6 Å². The lowest BCUT2D eigenvalue weighted by Gasteiger charge is -2.19. The molecule has 0 aliphatic heterocycles. The summed E-state index contributed by atoms with van der Waals surface area (Å²) in [5, 5.41) is 4.02. The highest BCUT2D eigenvalue weighted by Gasteiger charge is 2.09. The minimum Gasteiger partial charge on any atom is -0.325 e. The van der Waals surface area contributed by atoms with Crippen LogP contribution in [-0.2, 0) is 10.5 Å². The van der Waals surface area contributed by atoms with E-state index in [1.54, 1.807) is 18.0 Å². The normalized spacial score (nSPS) is 10.8. The summed E-state index contributed by atoms with van der Waals surface area (Å²) in [6, 6.07) is 13.9. The maximum Gasteiger partial charge on any atom is 0.238 e. The quantitative estimate of drug-likeness (QED) is 0.639. The molecule has 1 N–H and O–H groups in total. The number of amides is 1. The molecule has 2 aromatic rings. The summed E-state index contributed by atoms with van der Waals surface area (Å²) in [6.45, 7) is 6.58. The largest absolute Gasteiger partial charge is 0.325 e. The zero-order valence-electron chi connectivity index (χ0n) is 15.1. The Hall–Kier alpha value is -1.85. The number of likely N-dealkylation sites (N-methyl/N-ethyl adjacent to an activating group) is 1. The molecule has 1 aromatic heterocycles. The number of carbonyl (C=O) groups excluding carboxylic acids is 1. The zero-order valence-corrected chi connectivity index (χ0v) is 15.9. The van der Waals surface area contributed by atoms with Gasteiger partial charge in [-0.1, -0.05) is 38.5 Å². The smallest absolute Gasteiger partial charge is 0.238 e. The molecule has 1 heterocycles. The summed E-state index contributed by atoms with van der Waals surface area (Å²) < 4.78 is 0. The third-order valence-electron chi connectivity index (χ3n) is 3.88. The van der Waals surface area contributed by atoms with Gasteiger partial charge in [0.2, 0.25) is 5.91 Å². The highest BCUT2D eigenvalue weighted by molar-refractivity contribution is 7.98. The van der Waals surface area contributed by atoms with Crippen LogP contribution in [0.15, 0.2) is 53.7 Å². The Morgan fingerprint density at radius 3 is 2.80 bits per heavy atom. The first-order valence-electron chi connectivity index (χ1n) is 8.86. The van der Waals surface area contributed by atoms with Gasteiger partial charge in [-0.25, -0.2) is 4.98 Å². The molecule has 0 bridgehead atoms. The Labute approximate surface area is 155 Å². The summed E-state index contributed by atoms with van der Waals surface area (Å²) in [5.74, 6) is 0.880. The third kappa shape index (κ3) is 7.28. The molecule has 0 saturated heterocycles. The molecule has 1 amide bonds. The van der Waals surface area contributed by atoms with Crippen molar-refractivity contribution in [1.29, 1.82) is 0 Å². The summed E-state index contributed by atoms with van der Waals surface area (Å²) >= 11 is 1.69. The van der Waals surface area contributed by atoms with E-state index in [-0.39, 0.29) is 5.91 Å². The predicted octanol–water partition coefficient (Wildman–Crippen LogP) is 4.43. The molecule has 0 fully saturated rings. The van der Waals surface area contributed by atoms with Gasteiger partial charge in [-0.05, 0) is 49.3 Å². The van der Waals surface area contributed by atoms with Gasteiger partial charge < -0.3 is 5.32 Å². The topological polar surface area (TPSA) is 45.2 Å². The van der Waals surface area contributed by atoms with Gasteiger partial charge in [-0.15, -0.1) is 11.8 Å². The minimum absolute atomic E-state index is 0.0486. The second-order valence-electron chi connectivity index (χ2n) is 5.93. The molecule has 4 nitrogen and oxygen atoms in total. The Kier molecular flexibility index (Phi) is 8.49. The fraction of sp³-hybridized carbons (Fsp3) is 0.400. The average molecular weight is 358 g/mol. The highest BCUT2D eigenvalue weighted by atomic mass is 32.2. The Morgan fingerprint density at radius 2 is 2.08 bits per heavy atom. The van der Waals surface area contributed by atoms with E-state index < -0.39 is 0 Å². The fourth-order valence-corrected chi connectivity index (χ4v) is 3.27. The van der Waals surface area contributed by atoms with E-state index in [1.165, 1.54) is 5.56 Å². The number of benzene rings is 1. The molecule has 0 saturated carbocycles. The molecule has 2 rings (SSSR count). The highest BCUT2D eigenvalue weighted by Crippen LogP contribution is 2.22. The Balaban J connectivity index is 1.86. The number of anilines is 1. The van der Waals surface area contributed by atoms with E-state index in [2.05, 4.69) is 35.1 Å². The number of thioether (sulfide) groups is 1. The molecule has 0 radical (unpaired) electrons. The first kappa shape index (κ1) is 19.5. The molecular weight excluding hydrogens is 330 g/mol. The zero-order chi connectivity index (χ0) is 17.9. The molecule has 0 atom stereocenters. The van der Waals surface area contributed by atoms with Crippen molar-refractivity contribution in [2.75, 3.05) is 25.0 Å². The number of pyridine rings is 1. The molecule has 1 aromatic carbocycles. The number of nitrogens with one attached hydrogen (secondary N) is 1. The lowest BCUT2D eigenvalue weighted by atomic mass is 10.2. The maximum atomic E-state index is 12.3. The Morgan fingerprint density at radius 1 is 1.20 bits per heavy atom. The van der Waals surface area contributed by atoms with E-state index in [0.717, 1.165) is 42.4 Å². The molecule has 0 spiro atoms. The molecule has 5 heteroatoms. The van der Waals surface area contributed by atoms with Gasteiger partial charge in [-0.3, -0.25) is 9.69 Å². The van der Waals surface area contributed by atoms with Crippen LogP contribution in [0.1, 0.15) is 32.3 Å². The van der Waals surface area contributed by atoms with E-state index in [9.17, 15) is 4.79 Å². The maximum absolute atomic E-state index is 12.3. The predicted molar refractivity (Wildman–Crippen MR) is 106 cm³/mol. The summed E-state index contributed by atoms with van der Waals surface area (Å²) in [4.78, 5) is 18.8. The van der Waals surface area contributed by atoms with Gasteiger partial charge in [0.25, 0.3) is 0 Å². The van der Waals surface area contributed by atoms with E-state index >= 15 is 0 Å². The van der Waals surface area contributed by atoms with Crippen LogP contribution in [-0.4, -0.2) is 35.4 Å². The lowest BCUT2D eigenvalue weighted by Crippen LogP contribution is -2.33. The number of unbranched alkanes of at least 4 members (excludes halogenated alkanes) is 1. The SMILES string of the molecule is CCCCN(CC)CC(=O)Nc1cccc(CSc2ccccn2)c1. The van der Waals surface area contributed by atoms with Crippen molar-refractivity contribution in [2.24, 2.45) is 0 Å². The van der Waals surface area contributed by atoms with Crippen molar-refractivity contribution >= 4 is 23.4 Å². The van der Waals surface area contributed by atoms with Crippen molar-refractivity contribution < 1.29 is 4.79 Å². The second kappa shape index (κ2) is 10.9.